The molecule has 0 bridgehead atoms. The van der Waals surface area contributed by atoms with Crippen LogP contribution in [0.3, 0.4) is 0 Å². The van der Waals surface area contributed by atoms with Crippen molar-refractivity contribution in [3.05, 3.63) is 47.7 Å². The lowest BCUT2D eigenvalue weighted by atomic mass is 10.1. The maximum Gasteiger partial charge on any atom is 0.319 e. The first-order chi connectivity index (χ1) is 16.1. The van der Waals surface area contributed by atoms with Crippen LogP contribution in [0.1, 0.15) is 11.3 Å². The van der Waals surface area contributed by atoms with E-state index in [1.165, 1.54) is 16.6 Å². The zero-order chi connectivity index (χ0) is 22.8. The van der Waals surface area contributed by atoms with E-state index in [0.29, 0.717) is 32.4 Å². The van der Waals surface area contributed by atoms with Crippen molar-refractivity contribution >= 4 is 39.0 Å². The highest BCUT2D eigenvalue weighted by atomic mass is 16.5. The van der Waals surface area contributed by atoms with E-state index in [0.717, 1.165) is 46.7 Å². The van der Waals surface area contributed by atoms with Crippen LogP contribution in [0.2, 0.25) is 0 Å². The highest BCUT2D eigenvalue weighted by molar-refractivity contribution is 5.93. The zero-order valence-corrected chi connectivity index (χ0v) is 19.3. The first kappa shape index (κ1) is 21.5. The molecule has 8 heteroatoms. The number of rotatable bonds is 7. The van der Waals surface area contributed by atoms with Gasteiger partial charge in [0.25, 0.3) is 0 Å². The molecule has 172 valence electrons. The van der Waals surface area contributed by atoms with Crippen molar-refractivity contribution in [1.29, 1.82) is 0 Å². The van der Waals surface area contributed by atoms with Crippen molar-refractivity contribution in [2.24, 2.45) is 0 Å². The van der Waals surface area contributed by atoms with Gasteiger partial charge in [0.05, 0.1) is 25.3 Å². The van der Waals surface area contributed by atoms with Crippen LogP contribution in [0, 0.1) is 13.8 Å². The molecule has 0 aliphatic carbocycles. The van der Waals surface area contributed by atoms with E-state index >= 15 is 0 Å². The topological polar surface area (TPSA) is 84.5 Å². The maximum absolute atomic E-state index is 5.74. The minimum absolute atomic E-state index is 0.365. The van der Waals surface area contributed by atoms with Crippen LogP contribution < -0.4 is 15.0 Å². The monoisotopic (exact) mass is 447 g/mol. The summed E-state index contributed by atoms with van der Waals surface area (Å²) < 4.78 is 16.4. The van der Waals surface area contributed by atoms with E-state index in [2.05, 4.69) is 58.3 Å². The van der Waals surface area contributed by atoms with Crippen LogP contribution in [0.15, 0.2) is 36.4 Å². The number of morpholine rings is 1. The van der Waals surface area contributed by atoms with Gasteiger partial charge >= 0.3 is 6.01 Å². The molecule has 1 aliphatic heterocycles. The second-order valence-electron chi connectivity index (χ2n) is 8.26. The fraction of sp³-hybridized carbons (Fsp3) is 0.360. The van der Waals surface area contributed by atoms with E-state index < -0.39 is 0 Å². The summed E-state index contributed by atoms with van der Waals surface area (Å²) in [5, 5.41) is 5.77. The number of ether oxygens (including phenoxy) is 3. The Morgan fingerprint density at radius 3 is 2.61 bits per heavy atom. The Balaban J connectivity index is 1.49. The number of hydrogen-bond donors (Lipinski definition) is 2. The Bertz CT molecular complexity index is 1280. The highest BCUT2D eigenvalue weighted by Gasteiger charge is 2.18. The van der Waals surface area contributed by atoms with Gasteiger partial charge in [-0.2, -0.15) is 9.97 Å². The van der Waals surface area contributed by atoms with Gasteiger partial charge < -0.3 is 29.4 Å². The number of hydrogen-bond acceptors (Lipinski definition) is 7. The molecule has 33 heavy (non-hydrogen) atoms. The summed E-state index contributed by atoms with van der Waals surface area (Å²) in [5.74, 6) is 0.866. The molecule has 0 radical (unpaired) electrons. The normalized spacial score (nSPS) is 14.2. The molecule has 0 atom stereocenters. The first-order valence-electron chi connectivity index (χ1n) is 11.2. The van der Waals surface area contributed by atoms with Crippen molar-refractivity contribution in [2.75, 3.05) is 56.8 Å². The van der Waals surface area contributed by atoms with E-state index in [9.17, 15) is 0 Å². The van der Waals surface area contributed by atoms with Crippen LogP contribution >= 0.6 is 0 Å². The molecule has 2 N–H and O–H groups in total. The van der Waals surface area contributed by atoms with Crippen molar-refractivity contribution < 1.29 is 14.2 Å². The summed E-state index contributed by atoms with van der Waals surface area (Å²) in [6, 6.07) is 12.9. The minimum atomic E-state index is 0.365. The molecular weight excluding hydrogens is 418 g/mol. The highest BCUT2D eigenvalue weighted by Crippen LogP contribution is 2.31. The van der Waals surface area contributed by atoms with Gasteiger partial charge in [-0.25, -0.2) is 0 Å². The lowest BCUT2D eigenvalue weighted by molar-refractivity contribution is 0.122. The average molecular weight is 448 g/mol. The number of nitrogens with zero attached hydrogens (tertiary/aromatic N) is 3. The van der Waals surface area contributed by atoms with Crippen LogP contribution in [0.5, 0.6) is 6.01 Å². The molecule has 0 amide bonds. The summed E-state index contributed by atoms with van der Waals surface area (Å²) in [6.07, 6.45) is 0. The summed E-state index contributed by atoms with van der Waals surface area (Å²) in [6.45, 7) is 8.06. The van der Waals surface area contributed by atoms with Gasteiger partial charge in [0.1, 0.15) is 12.4 Å². The van der Waals surface area contributed by atoms with Crippen LogP contribution in [-0.4, -0.2) is 61.6 Å². The molecule has 4 aromatic rings. The van der Waals surface area contributed by atoms with Gasteiger partial charge in [-0.05, 0) is 49.7 Å². The standard InChI is InChI=1S/C25H29N5O3/c1-16-17(2)26-23-15-19(4-6-20(16)23)27-18-5-7-22-21(14-18)24(30-8-10-32-11-9-30)29-25(28-22)33-13-12-31-3/h4-7,14-15,26-27H,8-13H2,1-3H3. The average Bonchev–Trinajstić information content (AvgIpc) is 3.12. The van der Waals surface area contributed by atoms with Gasteiger partial charge in [-0.1, -0.05) is 6.07 Å². The lowest BCUT2D eigenvalue weighted by Gasteiger charge is -2.29. The van der Waals surface area contributed by atoms with Crippen molar-refractivity contribution in [1.82, 2.24) is 15.0 Å². The molecule has 0 saturated carbocycles. The number of methoxy groups -OCH3 is 1. The number of anilines is 3. The first-order valence-corrected chi connectivity index (χ1v) is 11.2. The number of aromatic nitrogens is 3. The van der Waals surface area contributed by atoms with E-state index in [4.69, 9.17) is 19.2 Å². The van der Waals surface area contributed by atoms with E-state index in [-0.39, 0.29) is 0 Å². The van der Waals surface area contributed by atoms with Gasteiger partial charge in [-0.15, -0.1) is 0 Å². The molecule has 1 aliphatic rings. The molecule has 5 rings (SSSR count). The Morgan fingerprint density at radius 1 is 1.00 bits per heavy atom. The largest absolute Gasteiger partial charge is 0.461 e. The van der Waals surface area contributed by atoms with Crippen molar-refractivity contribution in [3.8, 4) is 6.01 Å². The zero-order valence-electron chi connectivity index (χ0n) is 19.3. The van der Waals surface area contributed by atoms with Gasteiger partial charge in [0.2, 0.25) is 0 Å². The second-order valence-corrected chi connectivity index (χ2v) is 8.26. The summed E-state index contributed by atoms with van der Waals surface area (Å²) in [7, 11) is 1.65. The van der Waals surface area contributed by atoms with Crippen LogP contribution in [-0.2, 0) is 9.47 Å². The molecule has 0 unspecified atom stereocenters. The van der Waals surface area contributed by atoms with E-state index in [1.807, 2.05) is 12.1 Å². The third kappa shape index (κ3) is 4.44. The second kappa shape index (κ2) is 9.25. The van der Waals surface area contributed by atoms with Gasteiger partial charge in [-0.3, -0.25) is 0 Å². The fourth-order valence-electron chi connectivity index (χ4n) is 4.18. The summed E-state index contributed by atoms with van der Waals surface area (Å²) in [5.41, 5.74) is 6.47. The number of fused-ring (bicyclic) bond motifs is 2. The Hall–Kier alpha value is -3.36. The lowest BCUT2D eigenvalue weighted by Crippen LogP contribution is -2.37. The molecule has 3 heterocycles. The summed E-state index contributed by atoms with van der Waals surface area (Å²) in [4.78, 5) is 15.1. The number of H-pyrrole nitrogens is 1. The number of aryl methyl sites for hydroxylation is 2. The molecule has 2 aromatic heterocycles. The summed E-state index contributed by atoms with van der Waals surface area (Å²) >= 11 is 0. The maximum atomic E-state index is 5.74. The van der Waals surface area contributed by atoms with Crippen molar-refractivity contribution in [3.63, 3.8) is 0 Å². The van der Waals surface area contributed by atoms with Crippen molar-refractivity contribution in [2.45, 2.75) is 13.8 Å². The third-order valence-electron chi connectivity index (χ3n) is 6.08. The third-order valence-corrected chi connectivity index (χ3v) is 6.08. The number of nitrogens with one attached hydrogen (secondary N) is 2. The Morgan fingerprint density at radius 2 is 1.79 bits per heavy atom. The fourth-order valence-corrected chi connectivity index (χ4v) is 4.18. The molecule has 0 spiro atoms. The SMILES string of the molecule is COCCOc1nc(N2CCOCC2)c2cc(Nc3ccc4c(C)c(C)[nH]c4c3)ccc2n1. The molecule has 2 aromatic carbocycles. The van der Waals surface area contributed by atoms with E-state index in [1.54, 1.807) is 7.11 Å². The minimum Gasteiger partial charge on any atom is -0.461 e. The predicted molar refractivity (Wildman–Crippen MR) is 131 cm³/mol. The van der Waals surface area contributed by atoms with Crippen LogP contribution in [0.25, 0.3) is 21.8 Å². The number of aromatic amines is 1. The van der Waals surface area contributed by atoms with Gasteiger partial charge in [0, 0.05) is 53.6 Å². The smallest absolute Gasteiger partial charge is 0.319 e. The van der Waals surface area contributed by atoms with Gasteiger partial charge in [0.15, 0.2) is 0 Å². The molecule has 1 saturated heterocycles. The quantitative estimate of drug-likeness (QED) is 0.408. The Kier molecular flexibility index (Phi) is 6.02. The molecule has 1 fully saturated rings. The number of benzene rings is 2. The predicted octanol–water partition coefficient (Wildman–Crippen LogP) is 4.33. The Labute approximate surface area is 192 Å². The molecular formula is C25H29N5O3. The molecule has 8 nitrogen and oxygen atoms in total. The van der Waals surface area contributed by atoms with Crippen LogP contribution in [0.4, 0.5) is 17.2 Å².